The number of nitrogens with one attached hydrogen (secondary N) is 1. The van der Waals surface area contributed by atoms with Gasteiger partial charge in [0.15, 0.2) is 5.69 Å². The number of halogens is 4. The average molecular weight is 473 g/mol. The van der Waals surface area contributed by atoms with Crippen molar-refractivity contribution in [2.24, 2.45) is 7.05 Å². The fraction of sp³-hybridized carbons (Fsp3) is 0.208. The number of rotatable bonds is 7. The number of hydrogen-bond donors (Lipinski definition) is 1. The Labute approximate surface area is 192 Å². The normalized spacial score (nSPS) is 11.7. The Kier molecular flexibility index (Phi) is 6.23. The van der Waals surface area contributed by atoms with Crippen LogP contribution in [0.1, 0.15) is 18.2 Å². The van der Waals surface area contributed by atoms with Gasteiger partial charge < -0.3 is 10.1 Å². The monoisotopic (exact) mass is 473 g/mol. The first kappa shape index (κ1) is 23.2. The molecule has 0 saturated heterocycles. The van der Waals surface area contributed by atoms with E-state index in [2.05, 4.69) is 15.0 Å². The molecule has 0 atom stereocenters. The molecule has 2 aromatic heterocycles. The van der Waals surface area contributed by atoms with Crippen LogP contribution < -0.4 is 14.6 Å². The number of nitrogens with zero attached hydrogens (tertiary/aromatic N) is 3. The number of hydrogen-bond acceptors (Lipinski definition) is 3. The van der Waals surface area contributed by atoms with Gasteiger partial charge in [-0.1, -0.05) is 24.3 Å². The molecule has 4 rings (SSSR count). The first-order chi connectivity index (χ1) is 16.1. The maximum atomic E-state index is 13.3. The van der Waals surface area contributed by atoms with Crippen molar-refractivity contribution < 1.29 is 31.7 Å². The van der Waals surface area contributed by atoms with Crippen molar-refractivity contribution in [1.29, 1.82) is 0 Å². The molecule has 34 heavy (non-hydrogen) atoms. The van der Waals surface area contributed by atoms with Gasteiger partial charge in [0.2, 0.25) is 5.91 Å². The third-order valence-electron chi connectivity index (χ3n) is 5.10. The highest BCUT2D eigenvalue weighted by Gasteiger charge is 2.44. The molecule has 176 valence electrons. The second-order valence-electron chi connectivity index (χ2n) is 7.74. The smallest absolute Gasteiger partial charge is 0.428 e. The van der Waals surface area contributed by atoms with Gasteiger partial charge in [-0.3, -0.25) is 4.79 Å². The number of carbonyl (C=O) groups excluding carboxylic acids is 1. The van der Waals surface area contributed by atoms with Gasteiger partial charge >= 0.3 is 18.2 Å². The number of amides is 1. The maximum Gasteiger partial charge on any atom is 0.461 e. The summed E-state index contributed by atoms with van der Waals surface area (Å²) in [5.74, 6) is -0.531. The van der Waals surface area contributed by atoms with Gasteiger partial charge in [0.1, 0.15) is 23.8 Å². The molecule has 0 unspecified atom stereocenters. The van der Waals surface area contributed by atoms with Gasteiger partial charge in [-0.15, -0.1) is 0 Å². The van der Waals surface area contributed by atoms with E-state index in [0.29, 0.717) is 16.9 Å². The molecule has 0 saturated carbocycles. The minimum absolute atomic E-state index is 0.174. The number of carbonyl (C=O) groups is 1. The lowest BCUT2D eigenvalue weighted by molar-refractivity contribution is -0.644. The molecule has 10 heteroatoms. The van der Waals surface area contributed by atoms with E-state index in [1.807, 2.05) is 40.4 Å². The van der Waals surface area contributed by atoms with E-state index in [1.54, 1.807) is 24.5 Å². The zero-order valence-electron chi connectivity index (χ0n) is 18.3. The molecule has 0 aliphatic carbocycles. The number of benzene rings is 2. The van der Waals surface area contributed by atoms with Crippen LogP contribution in [0.25, 0.3) is 16.9 Å². The lowest BCUT2D eigenvalue weighted by Crippen LogP contribution is -2.33. The molecule has 2 heterocycles. The summed E-state index contributed by atoms with van der Waals surface area (Å²) in [7, 11) is 1.85. The lowest BCUT2D eigenvalue weighted by atomic mass is 10.1. The van der Waals surface area contributed by atoms with Gasteiger partial charge in [0.25, 0.3) is 0 Å². The van der Waals surface area contributed by atoms with Crippen LogP contribution in [0.15, 0.2) is 67.1 Å². The summed E-state index contributed by atoms with van der Waals surface area (Å²) in [5.41, 5.74) is 4.34. The largest absolute Gasteiger partial charge is 0.461 e. The minimum Gasteiger partial charge on any atom is -0.428 e. The van der Waals surface area contributed by atoms with Crippen molar-refractivity contribution >= 4 is 17.2 Å². The molecule has 0 aliphatic heterocycles. The highest BCUT2D eigenvalue weighted by Crippen LogP contribution is 2.29. The Bertz CT molecular complexity index is 1350. The first-order valence-corrected chi connectivity index (χ1v) is 10.3. The second-order valence-corrected chi connectivity index (χ2v) is 7.74. The van der Waals surface area contributed by atoms with Gasteiger partial charge in [0.05, 0.1) is 13.2 Å². The van der Waals surface area contributed by atoms with Crippen molar-refractivity contribution in [3.05, 3.63) is 78.4 Å². The Morgan fingerprint density at radius 3 is 2.71 bits per heavy atom. The van der Waals surface area contributed by atoms with E-state index in [4.69, 9.17) is 0 Å². The topological polar surface area (TPSA) is 59.5 Å². The van der Waals surface area contributed by atoms with Crippen molar-refractivity contribution in [2.75, 3.05) is 5.32 Å². The molecule has 0 bridgehead atoms. The third-order valence-corrected chi connectivity index (χ3v) is 5.10. The number of anilines is 1. The summed E-state index contributed by atoms with van der Waals surface area (Å²) < 4.78 is 59.6. The van der Waals surface area contributed by atoms with Gasteiger partial charge in [-0.25, -0.2) is 9.55 Å². The molecule has 0 fully saturated rings. The molecule has 6 nitrogen and oxygen atoms in total. The van der Waals surface area contributed by atoms with Crippen LogP contribution in [-0.2, 0) is 18.3 Å². The van der Waals surface area contributed by atoms with Crippen molar-refractivity contribution in [3.8, 4) is 17.0 Å². The molecule has 0 radical (unpaired) electrons. The van der Waals surface area contributed by atoms with E-state index in [-0.39, 0.29) is 18.1 Å². The summed E-state index contributed by atoms with van der Waals surface area (Å²) in [6, 6.07) is 13.0. The molecular weight excluding hydrogens is 452 g/mol. The Morgan fingerprint density at radius 2 is 1.97 bits per heavy atom. The Balaban J connectivity index is 1.68. The quantitative estimate of drug-likeness (QED) is 0.315. The van der Waals surface area contributed by atoms with Crippen LogP contribution in [0.5, 0.6) is 5.75 Å². The molecule has 0 aliphatic rings. The van der Waals surface area contributed by atoms with Crippen LogP contribution in [-0.4, -0.2) is 27.8 Å². The van der Waals surface area contributed by atoms with Crippen LogP contribution in [0, 0.1) is 0 Å². The number of aryl methyl sites for hydroxylation is 1. The third kappa shape index (κ3) is 4.85. The summed E-state index contributed by atoms with van der Waals surface area (Å²) in [4.78, 5) is 15.9. The standard InChI is InChI=1S/C24H20F4N4O2/c1-15(33)30-18-7-4-6-17(13-18)21-14-31(2)22-20(29-9-10-32(21)22)12-16-5-3-8-19(11-16)34-24(27,28)23(25)26/h3-11,13-14,23H,12H2,1-2H3/p+1. The fourth-order valence-electron chi connectivity index (χ4n) is 3.74. The molecule has 0 spiro atoms. The Morgan fingerprint density at radius 1 is 1.21 bits per heavy atom. The van der Waals surface area contributed by atoms with E-state index < -0.39 is 12.5 Å². The van der Waals surface area contributed by atoms with E-state index in [0.717, 1.165) is 16.9 Å². The van der Waals surface area contributed by atoms with E-state index in [9.17, 15) is 22.4 Å². The summed E-state index contributed by atoms with van der Waals surface area (Å²) in [6.07, 6.45) is -2.93. The summed E-state index contributed by atoms with van der Waals surface area (Å²) in [5, 5.41) is 2.76. The second kappa shape index (κ2) is 9.12. The zero-order chi connectivity index (χ0) is 24.5. The number of aromatic nitrogens is 3. The van der Waals surface area contributed by atoms with E-state index in [1.165, 1.54) is 25.1 Å². The van der Waals surface area contributed by atoms with Gasteiger partial charge in [-0.05, 0) is 29.8 Å². The zero-order valence-corrected chi connectivity index (χ0v) is 18.3. The van der Waals surface area contributed by atoms with Crippen LogP contribution in [0.3, 0.4) is 0 Å². The van der Waals surface area contributed by atoms with Crippen molar-refractivity contribution in [2.45, 2.75) is 25.9 Å². The predicted octanol–water partition coefficient (Wildman–Crippen LogP) is 4.61. The predicted molar refractivity (Wildman–Crippen MR) is 117 cm³/mol. The van der Waals surface area contributed by atoms with Crippen molar-refractivity contribution in [1.82, 2.24) is 9.38 Å². The fourth-order valence-corrected chi connectivity index (χ4v) is 3.74. The van der Waals surface area contributed by atoms with Crippen LogP contribution in [0.4, 0.5) is 23.2 Å². The average Bonchev–Trinajstić information content (AvgIpc) is 3.11. The van der Waals surface area contributed by atoms with Gasteiger partial charge in [0, 0.05) is 24.6 Å². The van der Waals surface area contributed by atoms with E-state index >= 15 is 0 Å². The van der Waals surface area contributed by atoms with Gasteiger partial charge in [-0.2, -0.15) is 22.0 Å². The lowest BCUT2D eigenvalue weighted by Gasteiger charge is -2.17. The van der Waals surface area contributed by atoms with Crippen LogP contribution >= 0.6 is 0 Å². The number of ether oxygens (including phenoxy) is 1. The summed E-state index contributed by atoms with van der Waals surface area (Å²) in [6.45, 7) is 1.44. The molecular formula is C24H21F4N4O2+. The summed E-state index contributed by atoms with van der Waals surface area (Å²) >= 11 is 0. The number of alkyl halides is 4. The Hall–Kier alpha value is -3.95. The maximum absolute atomic E-state index is 13.3. The number of fused-ring (bicyclic) bond motifs is 1. The first-order valence-electron chi connectivity index (χ1n) is 10.3. The number of imidazole rings is 1. The minimum atomic E-state index is -4.58. The SMILES string of the molecule is CC(=O)Nc1cccc(-c2c[n+](C)c3c(Cc4cccc(OC(F)(F)C(F)F)c4)nccn23)c1. The molecule has 2 aromatic carbocycles. The molecule has 4 aromatic rings. The highest BCUT2D eigenvalue weighted by atomic mass is 19.3. The molecule has 1 N–H and O–H groups in total. The van der Waals surface area contributed by atoms with Crippen molar-refractivity contribution in [3.63, 3.8) is 0 Å². The molecule has 1 amide bonds. The highest BCUT2D eigenvalue weighted by molar-refractivity contribution is 5.89. The van der Waals surface area contributed by atoms with Crippen LogP contribution in [0.2, 0.25) is 0 Å².